The van der Waals surface area contributed by atoms with Crippen LogP contribution in [0.15, 0.2) is 30.5 Å². The molecule has 1 heterocycles. The molecule has 0 spiro atoms. The minimum atomic E-state index is 0. The van der Waals surface area contributed by atoms with Crippen molar-refractivity contribution in [1.82, 2.24) is 9.78 Å². The van der Waals surface area contributed by atoms with Crippen LogP contribution in [0.25, 0.3) is 5.69 Å². The number of aryl methyl sites for hydroxylation is 1. The van der Waals surface area contributed by atoms with Crippen LogP contribution in [0.3, 0.4) is 0 Å². The summed E-state index contributed by atoms with van der Waals surface area (Å²) in [5.41, 5.74) is 3.37. The van der Waals surface area contributed by atoms with Gasteiger partial charge in [-0.3, -0.25) is 4.68 Å². The monoisotopic (exact) mass is 364 g/mol. The van der Waals surface area contributed by atoms with E-state index in [4.69, 9.17) is 0 Å². The van der Waals surface area contributed by atoms with Gasteiger partial charge in [0.1, 0.15) is 0 Å². The zero-order chi connectivity index (χ0) is 9.26. The summed E-state index contributed by atoms with van der Waals surface area (Å²) < 4.78 is 1.90. The molecule has 0 amide bonds. The van der Waals surface area contributed by atoms with Gasteiger partial charge in [-0.2, -0.15) is 29.4 Å². The summed E-state index contributed by atoms with van der Waals surface area (Å²) in [5.74, 6) is 0. The summed E-state index contributed by atoms with van der Waals surface area (Å²) in [5, 5.41) is 4.27. The average Bonchev–Trinajstić information content (AvgIpc) is 2.49. The Balaban J connectivity index is 0.000000980. The average molecular weight is 363 g/mol. The van der Waals surface area contributed by atoms with E-state index >= 15 is 0 Å². The summed E-state index contributed by atoms with van der Waals surface area (Å²) in [6, 6.07) is 11.0. The van der Waals surface area contributed by atoms with Crippen molar-refractivity contribution in [1.29, 1.82) is 0 Å². The predicted molar refractivity (Wildman–Crippen MR) is 51.9 cm³/mol. The van der Waals surface area contributed by atoms with E-state index in [2.05, 4.69) is 25.0 Å². The van der Waals surface area contributed by atoms with Crippen LogP contribution in [0.4, 0.5) is 0 Å². The topological polar surface area (TPSA) is 17.8 Å². The molecular weight excluding hydrogens is 352 g/mol. The van der Waals surface area contributed by atoms with Gasteiger partial charge in [-0.15, -0.1) is 6.07 Å². The zero-order valence-corrected chi connectivity index (χ0v) is 10.5. The molecule has 1 radical (unpaired) electrons. The van der Waals surface area contributed by atoms with E-state index in [1.54, 1.807) is 0 Å². The van der Waals surface area contributed by atoms with Crippen molar-refractivity contribution in [2.24, 2.45) is 0 Å². The fourth-order valence-electron chi connectivity index (χ4n) is 1.25. The molecule has 0 aliphatic carbocycles. The molecule has 0 fully saturated rings. The van der Waals surface area contributed by atoms with E-state index in [0.29, 0.717) is 0 Å². The third-order valence-corrected chi connectivity index (χ3v) is 2.18. The van der Waals surface area contributed by atoms with Gasteiger partial charge >= 0.3 is 0 Å². The predicted octanol–water partition coefficient (Wildman–Crippen LogP) is 2.29. The van der Waals surface area contributed by atoms with Gasteiger partial charge in [0, 0.05) is 25.8 Å². The van der Waals surface area contributed by atoms with Gasteiger partial charge in [0.05, 0.1) is 6.20 Å². The minimum Gasteiger partial charge on any atom is -0.263 e. The second-order valence-corrected chi connectivity index (χ2v) is 3.07. The molecule has 0 saturated heterocycles. The normalized spacial score (nSPS) is 9.57. The number of hydrogen-bond donors (Lipinski definition) is 0. The van der Waals surface area contributed by atoms with Crippen molar-refractivity contribution in [2.45, 2.75) is 13.8 Å². The van der Waals surface area contributed by atoms with Gasteiger partial charge in [0.15, 0.2) is 0 Å². The van der Waals surface area contributed by atoms with Crippen LogP contribution >= 0.6 is 0 Å². The van der Waals surface area contributed by atoms with Crippen molar-refractivity contribution >= 4 is 0 Å². The molecule has 0 atom stereocenters. The Bertz CT molecular complexity index is 406. The first-order chi connectivity index (χ1) is 6.29. The number of rotatable bonds is 1. The molecule has 0 bridgehead atoms. The first kappa shape index (κ1) is 11.2. The second-order valence-electron chi connectivity index (χ2n) is 3.07. The molecule has 2 aromatic rings. The maximum absolute atomic E-state index is 4.27. The van der Waals surface area contributed by atoms with Crippen molar-refractivity contribution in [3.05, 3.63) is 47.8 Å². The van der Waals surface area contributed by atoms with Crippen LogP contribution in [-0.4, -0.2) is 9.78 Å². The molecule has 2 nitrogen and oxygen atoms in total. The molecule has 1 aromatic carbocycles. The number of hydrogen-bond acceptors (Lipinski definition) is 1. The maximum atomic E-state index is 4.27. The SMILES string of the molecule is Cc1cnn(-c2[c-]cccc2)c1C.[Ir]. The van der Waals surface area contributed by atoms with Gasteiger partial charge in [-0.1, -0.05) is 0 Å². The van der Waals surface area contributed by atoms with E-state index in [0.717, 1.165) is 5.69 Å². The minimum absolute atomic E-state index is 0. The molecule has 3 heteroatoms. The Kier molecular flexibility index (Phi) is 3.61. The number of para-hydroxylation sites is 1. The van der Waals surface area contributed by atoms with E-state index in [1.807, 2.05) is 35.1 Å². The standard InChI is InChI=1S/C11H11N2.Ir/c1-9-8-12-13(10(9)2)11-6-4-3-5-7-11;/h3-6,8H,1-2H3;/q-1;. The molecule has 2 rings (SSSR count). The summed E-state index contributed by atoms with van der Waals surface area (Å²) in [4.78, 5) is 0. The van der Waals surface area contributed by atoms with Crippen LogP contribution in [0.2, 0.25) is 0 Å². The van der Waals surface area contributed by atoms with Gasteiger partial charge in [0.2, 0.25) is 0 Å². The third kappa shape index (κ3) is 1.94. The quantitative estimate of drug-likeness (QED) is 0.711. The van der Waals surface area contributed by atoms with Crippen molar-refractivity contribution < 1.29 is 20.1 Å². The fourth-order valence-corrected chi connectivity index (χ4v) is 1.25. The Hall–Kier alpha value is -0.921. The maximum Gasteiger partial charge on any atom is 0.0525 e. The zero-order valence-electron chi connectivity index (χ0n) is 8.11. The molecule has 75 valence electrons. The molecular formula is C11H11IrN2-. The Labute approximate surface area is 97.3 Å². The fraction of sp³-hybridized carbons (Fsp3) is 0.182. The van der Waals surface area contributed by atoms with Gasteiger partial charge in [-0.25, -0.2) is 0 Å². The Morgan fingerprint density at radius 3 is 2.57 bits per heavy atom. The van der Waals surface area contributed by atoms with Crippen LogP contribution < -0.4 is 0 Å². The summed E-state index contributed by atoms with van der Waals surface area (Å²) >= 11 is 0. The van der Waals surface area contributed by atoms with Gasteiger partial charge < -0.3 is 0 Å². The molecule has 1 aromatic heterocycles. The van der Waals surface area contributed by atoms with Crippen molar-refractivity contribution in [3.63, 3.8) is 0 Å². The molecule has 0 unspecified atom stereocenters. The number of nitrogens with zero attached hydrogens (tertiary/aromatic N) is 2. The van der Waals surface area contributed by atoms with Gasteiger partial charge in [0.25, 0.3) is 0 Å². The molecule has 0 aliphatic heterocycles. The van der Waals surface area contributed by atoms with Crippen molar-refractivity contribution in [3.8, 4) is 5.69 Å². The van der Waals surface area contributed by atoms with Crippen LogP contribution in [0.1, 0.15) is 11.3 Å². The van der Waals surface area contributed by atoms with Crippen molar-refractivity contribution in [2.75, 3.05) is 0 Å². The largest absolute Gasteiger partial charge is 0.263 e. The number of benzene rings is 1. The van der Waals surface area contributed by atoms with E-state index < -0.39 is 0 Å². The molecule has 0 saturated carbocycles. The van der Waals surface area contributed by atoms with E-state index in [9.17, 15) is 0 Å². The number of aromatic nitrogens is 2. The van der Waals surface area contributed by atoms with E-state index in [1.165, 1.54) is 11.3 Å². The van der Waals surface area contributed by atoms with Crippen LogP contribution in [-0.2, 0) is 20.1 Å². The summed E-state index contributed by atoms with van der Waals surface area (Å²) in [6.07, 6.45) is 1.87. The van der Waals surface area contributed by atoms with E-state index in [-0.39, 0.29) is 20.1 Å². The van der Waals surface area contributed by atoms with Gasteiger partial charge in [-0.05, 0) is 25.1 Å². The Morgan fingerprint density at radius 1 is 1.29 bits per heavy atom. The van der Waals surface area contributed by atoms with Crippen LogP contribution in [0, 0.1) is 19.9 Å². The third-order valence-electron chi connectivity index (χ3n) is 2.18. The smallest absolute Gasteiger partial charge is 0.0525 e. The molecule has 14 heavy (non-hydrogen) atoms. The molecule has 0 aliphatic rings. The summed E-state index contributed by atoms with van der Waals surface area (Å²) in [7, 11) is 0. The second kappa shape index (κ2) is 4.54. The molecule has 0 N–H and O–H groups in total. The first-order valence-corrected chi connectivity index (χ1v) is 4.27. The first-order valence-electron chi connectivity index (χ1n) is 4.27. The van der Waals surface area contributed by atoms with Crippen LogP contribution in [0.5, 0.6) is 0 Å². The Morgan fingerprint density at radius 2 is 2.07 bits per heavy atom. The summed E-state index contributed by atoms with van der Waals surface area (Å²) in [6.45, 7) is 4.12.